The van der Waals surface area contributed by atoms with Gasteiger partial charge in [0.25, 0.3) is 0 Å². The first kappa shape index (κ1) is 19.3. The van der Waals surface area contributed by atoms with E-state index in [2.05, 4.69) is 12.1 Å². The highest BCUT2D eigenvalue weighted by Gasteiger charge is 2.38. The summed E-state index contributed by atoms with van der Waals surface area (Å²) in [5.74, 6) is -1.69. The molecule has 1 unspecified atom stereocenters. The summed E-state index contributed by atoms with van der Waals surface area (Å²) in [5, 5.41) is 9.77. The highest BCUT2D eigenvalue weighted by Crippen LogP contribution is 2.44. The molecule has 1 heterocycles. The molecule has 1 amide bonds. The van der Waals surface area contributed by atoms with E-state index in [-0.39, 0.29) is 19.1 Å². The summed E-state index contributed by atoms with van der Waals surface area (Å²) in [7, 11) is 0. The third kappa shape index (κ3) is 3.24. The number of aliphatic carboxylic acids is 1. The average Bonchev–Trinajstić information content (AvgIpc) is 3.10. The van der Waals surface area contributed by atoms with Crippen molar-refractivity contribution in [1.29, 1.82) is 0 Å². The minimum atomic E-state index is -1.19. The normalized spacial score (nSPS) is 16.9. The molecule has 31 heavy (non-hydrogen) atoms. The van der Waals surface area contributed by atoms with Gasteiger partial charge in [0.1, 0.15) is 12.4 Å². The first-order valence-electron chi connectivity index (χ1n) is 10.2. The average molecular weight is 417 g/mol. The lowest BCUT2D eigenvalue weighted by atomic mass is 9.93. The lowest BCUT2D eigenvalue weighted by Gasteiger charge is -2.34. The van der Waals surface area contributed by atoms with Crippen LogP contribution in [0.3, 0.4) is 0 Å². The highest BCUT2D eigenvalue weighted by molar-refractivity contribution is 5.83. The van der Waals surface area contributed by atoms with Crippen LogP contribution in [0.4, 0.5) is 9.18 Å². The van der Waals surface area contributed by atoms with E-state index in [0.717, 1.165) is 22.3 Å². The molecule has 0 bridgehead atoms. The first-order chi connectivity index (χ1) is 15.0. The topological polar surface area (TPSA) is 66.8 Å². The predicted octanol–water partition coefficient (Wildman–Crippen LogP) is 4.76. The minimum absolute atomic E-state index is 0.106. The molecule has 3 aromatic carbocycles. The number of carbonyl (C=O) groups excluding carboxylic acids is 1. The summed E-state index contributed by atoms with van der Waals surface area (Å²) in [6, 6.07) is 18.8. The molecule has 1 N–H and O–H groups in total. The highest BCUT2D eigenvalue weighted by atomic mass is 19.1. The molecule has 6 heteroatoms. The van der Waals surface area contributed by atoms with Crippen LogP contribution >= 0.6 is 0 Å². The Hall–Kier alpha value is -3.67. The number of nitrogens with zero attached hydrogens (tertiary/aromatic N) is 1. The Morgan fingerprint density at radius 2 is 1.61 bits per heavy atom. The number of benzene rings is 3. The number of halogens is 1. The van der Waals surface area contributed by atoms with E-state index in [1.165, 1.54) is 23.1 Å². The second kappa shape index (κ2) is 7.54. The number of carbonyl (C=O) groups is 2. The van der Waals surface area contributed by atoms with Crippen LogP contribution < -0.4 is 0 Å². The van der Waals surface area contributed by atoms with Crippen molar-refractivity contribution in [2.45, 2.75) is 18.4 Å². The quantitative estimate of drug-likeness (QED) is 0.667. The van der Waals surface area contributed by atoms with Crippen LogP contribution in [0.2, 0.25) is 0 Å². The van der Waals surface area contributed by atoms with Gasteiger partial charge in [-0.2, -0.15) is 0 Å². The SMILES string of the molecule is O=C(O)C1c2ccc(F)cc2CCN1C(=O)OCC1c2ccccc2-c2ccccc21. The zero-order valence-corrected chi connectivity index (χ0v) is 16.6. The van der Waals surface area contributed by atoms with Gasteiger partial charge in [0.2, 0.25) is 0 Å². The number of hydrogen-bond donors (Lipinski definition) is 1. The van der Waals surface area contributed by atoms with Gasteiger partial charge < -0.3 is 9.84 Å². The molecule has 5 rings (SSSR count). The molecule has 1 atom stereocenters. The summed E-state index contributed by atoms with van der Waals surface area (Å²) < 4.78 is 19.2. The Morgan fingerprint density at radius 3 is 2.26 bits per heavy atom. The Kier molecular flexibility index (Phi) is 4.70. The van der Waals surface area contributed by atoms with Crippen molar-refractivity contribution in [2.24, 2.45) is 0 Å². The van der Waals surface area contributed by atoms with Crippen LogP contribution in [-0.2, 0) is 16.0 Å². The van der Waals surface area contributed by atoms with E-state index < -0.39 is 23.9 Å². The van der Waals surface area contributed by atoms with Gasteiger partial charge in [-0.25, -0.2) is 14.0 Å². The molecule has 156 valence electrons. The van der Waals surface area contributed by atoms with Crippen LogP contribution in [0.25, 0.3) is 11.1 Å². The maximum absolute atomic E-state index is 13.6. The van der Waals surface area contributed by atoms with E-state index in [9.17, 15) is 19.1 Å². The molecule has 1 aliphatic heterocycles. The molecule has 0 saturated carbocycles. The van der Waals surface area contributed by atoms with E-state index in [4.69, 9.17) is 4.74 Å². The Labute approximate surface area is 178 Å². The molecule has 5 nitrogen and oxygen atoms in total. The largest absolute Gasteiger partial charge is 0.479 e. The Bertz CT molecular complexity index is 1150. The van der Waals surface area contributed by atoms with Gasteiger partial charge in [-0.1, -0.05) is 54.6 Å². The molecule has 0 saturated heterocycles. The maximum atomic E-state index is 13.6. The zero-order chi connectivity index (χ0) is 21.5. The predicted molar refractivity (Wildman–Crippen MR) is 112 cm³/mol. The lowest BCUT2D eigenvalue weighted by Crippen LogP contribution is -2.44. The second-order valence-electron chi connectivity index (χ2n) is 7.83. The molecular formula is C25H20FNO4. The summed E-state index contributed by atoms with van der Waals surface area (Å²) in [6.45, 7) is 0.274. The third-order valence-electron chi connectivity index (χ3n) is 6.14. The van der Waals surface area contributed by atoms with Gasteiger partial charge in [0.15, 0.2) is 6.04 Å². The standard InChI is InChI=1S/C25H20FNO4/c26-16-9-10-17-15(13-16)11-12-27(23(17)24(28)29)25(30)31-14-22-20-7-3-1-5-18(20)19-6-2-4-8-21(19)22/h1-10,13,22-23H,11-12,14H2,(H,28,29). The van der Waals surface area contributed by atoms with E-state index in [1.807, 2.05) is 36.4 Å². The fraction of sp³-hybridized carbons (Fsp3) is 0.200. The smallest absolute Gasteiger partial charge is 0.410 e. The molecule has 1 aliphatic carbocycles. The summed E-state index contributed by atoms with van der Waals surface area (Å²) in [6.07, 6.45) is -0.301. The van der Waals surface area contributed by atoms with Gasteiger partial charge in [-0.3, -0.25) is 4.90 Å². The van der Waals surface area contributed by atoms with Crippen molar-refractivity contribution in [3.63, 3.8) is 0 Å². The van der Waals surface area contributed by atoms with Gasteiger partial charge in [-0.05, 0) is 51.9 Å². The molecular weight excluding hydrogens is 397 g/mol. The number of ether oxygens (including phenoxy) is 1. The van der Waals surface area contributed by atoms with E-state index in [1.54, 1.807) is 0 Å². The van der Waals surface area contributed by atoms with Gasteiger partial charge in [0.05, 0.1) is 0 Å². The molecule has 3 aromatic rings. The van der Waals surface area contributed by atoms with Crippen LogP contribution in [0.5, 0.6) is 0 Å². The number of hydrogen-bond acceptors (Lipinski definition) is 3. The first-order valence-corrected chi connectivity index (χ1v) is 10.2. The van der Waals surface area contributed by atoms with Crippen LogP contribution in [0.1, 0.15) is 34.2 Å². The number of carboxylic acids is 1. The number of rotatable bonds is 3. The van der Waals surface area contributed by atoms with Crippen LogP contribution in [0, 0.1) is 5.82 Å². The Morgan fingerprint density at radius 1 is 0.968 bits per heavy atom. The molecule has 2 aliphatic rings. The second-order valence-corrected chi connectivity index (χ2v) is 7.83. The number of carboxylic acid groups (broad SMARTS) is 1. The van der Waals surface area contributed by atoms with Crippen molar-refractivity contribution >= 4 is 12.1 Å². The van der Waals surface area contributed by atoms with Crippen LogP contribution in [-0.4, -0.2) is 35.2 Å². The van der Waals surface area contributed by atoms with Crippen molar-refractivity contribution < 1.29 is 23.8 Å². The van der Waals surface area contributed by atoms with E-state index in [0.29, 0.717) is 17.5 Å². The Balaban J connectivity index is 1.39. The molecule has 0 spiro atoms. The minimum Gasteiger partial charge on any atom is -0.479 e. The fourth-order valence-corrected chi connectivity index (χ4v) is 4.74. The zero-order valence-electron chi connectivity index (χ0n) is 16.6. The number of fused-ring (bicyclic) bond motifs is 4. The molecule has 0 radical (unpaired) electrons. The van der Waals surface area contributed by atoms with Crippen molar-refractivity contribution in [1.82, 2.24) is 4.90 Å². The van der Waals surface area contributed by atoms with Crippen molar-refractivity contribution in [2.75, 3.05) is 13.2 Å². The van der Waals surface area contributed by atoms with Crippen molar-refractivity contribution in [3.05, 3.63) is 94.8 Å². The van der Waals surface area contributed by atoms with Crippen molar-refractivity contribution in [3.8, 4) is 11.1 Å². The third-order valence-corrected chi connectivity index (χ3v) is 6.14. The monoisotopic (exact) mass is 417 g/mol. The van der Waals surface area contributed by atoms with Gasteiger partial charge in [0, 0.05) is 12.5 Å². The van der Waals surface area contributed by atoms with Gasteiger partial charge in [-0.15, -0.1) is 0 Å². The van der Waals surface area contributed by atoms with Crippen LogP contribution in [0.15, 0.2) is 66.7 Å². The maximum Gasteiger partial charge on any atom is 0.410 e. The molecule has 0 aromatic heterocycles. The summed E-state index contributed by atoms with van der Waals surface area (Å²) in [5.41, 5.74) is 5.45. The van der Waals surface area contributed by atoms with Gasteiger partial charge >= 0.3 is 12.1 Å². The van der Waals surface area contributed by atoms with E-state index >= 15 is 0 Å². The fourth-order valence-electron chi connectivity index (χ4n) is 4.74. The summed E-state index contributed by atoms with van der Waals surface area (Å²) >= 11 is 0. The lowest BCUT2D eigenvalue weighted by molar-refractivity contribution is -0.143. The number of amides is 1. The molecule has 0 fully saturated rings. The summed E-state index contributed by atoms with van der Waals surface area (Å²) in [4.78, 5) is 26.1.